The molecule has 3 rings (SSSR count). The molecule has 0 radical (unpaired) electrons. The Kier molecular flexibility index (Phi) is 4.54. The molecule has 4 nitrogen and oxygen atoms in total. The number of hydrogen-bond donors (Lipinski definition) is 0. The van der Waals surface area contributed by atoms with Crippen molar-refractivity contribution in [3.05, 3.63) is 53.2 Å². The third-order valence-corrected chi connectivity index (χ3v) is 3.95. The standard InChI is InChI=1S/C17H18F2N2O2/c1-22-17(23-2)15-8-5-11-4-3-9-21(16(11)20-15)12-6-7-13(18)14(19)10-12/h5-8,10,17H,3-4,9H2,1-2H3. The Balaban J connectivity index is 2.03. The summed E-state index contributed by atoms with van der Waals surface area (Å²) in [4.78, 5) is 6.52. The minimum absolute atomic E-state index is 0.561. The summed E-state index contributed by atoms with van der Waals surface area (Å²) in [5.41, 5.74) is 2.29. The van der Waals surface area contributed by atoms with Crippen LogP contribution in [0.1, 0.15) is 24.0 Å². The lowest BCUT2D eigenvalue weighted by molar-refractivity contribution is -0.108. The fourth-order valence-electron chi connectivity index (χ4n) is 2.83. The van der Waals surface area contributed by atoms with Crippen LogP contribution in [0, 0.1) is 11.6 Å². The van der Waals surface area contributed by atoms with Crippen LogP contribution in [0.2, 0.25) is 0 Å². The SMILES string of the molecule is COC(OC)c1ccc2c(n1)N(c1ccc(F)c(F)c1)CCC2. The van der Waals surface area contributed by atoms with Gasteiger partial charge in [-0.15, -0.1) is 0 Å². The summed E-state index contributed by atoms with van der Waals surface area (Å²) < 4.78 is 37.2. The quantitative estimate of drug-likeness (QED) is 0.804. The van der Waals surface area contributed by atoms with E-state index in [1.807, 2.05) is 17.0 Å². The lowest BCUT2D eigenvalue weighted by atomic mass is 10.0. The van der Waals surface area contributed by atoms with E-state index in [2.05, 4.69) is 4.98 Å². The van der Waals surface area contributed by atoms with Crippen LogP contribution < -0.4 is 4.90 Å². The number of hydrogen-bond acceptors (Lipinski definition) is 4. The second-order valence-electron chi connectivity index (χ2n) is 5.38. The van der Waals surface area contributed by atoms with E-state index in [1.54, 1.807) is 20.3 Å². The van der Waals surface area contributed by atoms with Crippen LogP contribution in [0.4, 0.5) is 20.3 Å². The van der Waals surface area contributed by atoms with E-state index in [4.69, 9.17) is 9.47 Å². The van der Waals surface area contributed by atoms with Crippen molar-refractivity contribution in [2.24, 2.45) is 0 Å². The van der Waals surface area contributed by atoms with Gasteiger partial charge in [0.2, 0.25) is 6.29 Å². The Labute approximate surface area is 133 Å². The maximum atomic E-state index is 13.6. The van der Waals surface area contributed by atoms with Crippen molar-refractivity contribution in [3.63, 3.8) is 0 Å². The van der Waals surface area contributed by atoms with E-state index < -0.39 is 17.9 Å². The Bertz CT molecular complexity index is 705. The largest absolute Gasteiger partial charge is 0.350 e. The van der Waals surface area contributed by atoms with Crippen LogP contribution >= 0.6 is 0 Å². The van der Waals surface area contributed by atoms with Crippen molar-refractivity contribution in [2.75, 3.05) is 25.7 Å². The number of fused-ring (bicyclic) bond motifs is 1. The maximum absolute atomic E-state index is 13.6. The normalized spacial score (nSPS) is 14.2. The summed E-state index contributed by atoms with van der Waals surface area (Å²) in [6.07, 6.45) is 1.26. The molecular formula is C17H18F2N2O2. The second kappa shape index (κ2) is 6.60. The first-order valence-corrected chi connectivity index (χ1v) is 7.42. The van der Waals surface area contributed by atoms with Crippen LogP contribution in [0.5, 0.6) is 0 Å². The van der Waals surface area contributed by atoms with Gasteiger partial charge in [0.05, 0.1) is 5.69 Å². The van der Waals surface area contributed by atoms with Gasteiger partial charge in [-0.1, -0.05) is 6.07 Å². The van der Waals surface area contributed by atoms with Gasteiger partial charge in [0.15, 0.2) is 11.6 Å². The highest BCUT2D eigenvalue weighted by molar-refractivity contribution is 5.64. The number of aryl methyl sites for hydroxylation is 1. The van der Waals surface area contributed by atoms with Crippen LogP contribution in [-0.4, -0.2) is 25.7 Å². The van der Waals surface area contributed by atoms with Gasteiger partial charge in [0.25, 0.3) is 0 Å². The van der Waals surface area contributed by atoms with E-state index in [-0.39, 0.29) is 0 Å². The smallest absolute Gasteiger partial charge is 0.200 e. The number of nitrogens with zero attached hydrogens (tertiary/aromatic N) is 2. The highest BCUT2D eigenvalue weighted by Gasteiger charge is 2.23. The number of benzene rings is 1. The third kappa shape index (κ3) is 3.04. The average Bonchev–Trinajstić information content (AvgIpc) is 2.58. The van der Waals surface area contributed by atoms with Crippen LogP contribution in [-0.2, 0) is 15.9 Å². The molecule has 1 aliphatic heterocycles. The molecule has 122 valence electrons. The number of methoxy groups -OCH3 is 2. The molecule has 0 fully saturated rings. The van der Waals surface area contributed by atoms with Crippen molar-refractivity contribution in [3.8, 4) is 0 Å². The monoisotopic (exact) mass is 320 g/mol. The molecule has 0 spiro atoms. The van der Waals surface area contributed by atoms with Gasteiger partial charge in [0, 0.05) is 32.5 Å². The molecule has 1 aromatic heterocycles. The molecule has 0 unspecified atom stereocenters. The average molecular weight is 320 g/mol. The molecule has 2 aromatic rings. The van der Waals surface area contributed by atoms with Crippen molar-refractivity contribution < 1.29 is 18.3 Å². The molecule has 6 heteroatoms. The summed E-state index contributed by atoms with van der Waals surface area (Å²) in [6, 6.07) is 7.74. The minimum atomic E-state index is -0.863. The van der Waals surface area contributed by atoms with Gasteiger partial charge in [-0.3, -0.25) is 0 Å². The summed E-state index contributed by atoms with van der Waals surface area (Å²) in [5.74, 6) is -0.984. The van der Waals surface area contributed by atoms with E-state index in [1.165, 1.54) is 6.07 Å². The lowest BCUT2D eigenvalue weighted by Gasteiger charge is -2.31. The number of anilines is 2. The first kappa shape index (κ1) is 15.8. The van der Waals surface area contributed by atoms with Crippen LogP contribution in [0.15, 0.2) is 30.3 Å². The molecule has 2 heterocycles. The van der Waals surface area contributed by atoms with Gasteiger partial charge in [0.1, 0.15) is 5.82 Å². The molecule has 0 aliphatic carbocycles. The first-order valence-electron chi connectivity index (χ1n) is 7.42. The molecule has 1 aliphatic rings. The fraction of sp³-hybridized carbons (Fsp3) is 0.353. The zero-order valence-electron chi connectivity index (χ0n) is 13.1. The Morgan fingerprint density at radius 3 is 2.57 bits per heavy atom. The van der Waals surface area contributed by atoms with Gasteiger partial charge in [-0.2, -0.15) is 0 Å². The summed E-state index contributed by atoms with van der Waals surface area (Å²) in [5, 5.41) is 0. The maximum Gasteiger partial charge on any atom is 0.200 e. The van der Waals surface area contributed by atoms with E-state index in [9.17, 15) is 8.78 Å². The highest BCUT2D eigenvalue weighted by Crippen LogP contribution is 2.33. The van der Waals surface area contributed by atoms with E-state index in [0.717, 1.165) is 30.3 Å². The van der Waals surface area contributed by atoms with E-state index >= 15 is 0 Å². The lowest BCUT2D eigenvalue weighted by Crippen LogP contribution is -2.26. The van der Waals surface area contributed by atoms with Crippen molar-refractivity contribution in [2.45, 2.75) is 19.1 Å². The van der Waals surface area contributed by atoms with Crippen LogP contribution in [0.25, 0.3) is 0 Å². The number of aromatic nitrogens is 1. The predicted molar refractivity (Wildman–Crippen MR) is 82.7 cm³/mol. The van der Waals surface area contributed by atoms with Gasteiger partial charge in [-0.05, 0) is 36.6 Å². The van der Waals surface area contributed by atoms with Crippen molar-refractivity contribution >= 4 is 11.5 Å². The molecular weight excluding hydrogens is 302 g/mol. The Hall–Kier alpha value is -2.05. The minimum Gasteiger partial charge on any atom is -0.350 e. The predicted octanol–water partition coefficient (Wildman–Crippen LogP) is 3.74. The molecule has 23 heavy (non-hydrogen) atoms. The van der Waals surface area contributed by atoms with Gasteiger partial charge in [-0.25, -0.2) is 13.8 Å². The first-order chi connectivity index (χ1) is 11.1. The molecule has 0 atom stereocenters. The highest BCUT2D eigenvalue weighted by atomic mass is 19.2. The molecule has 0 saturated heterocycles. The number of rotatable bonds is 4. The third-order valence-electron chi connectivity index (χ3n) is 3.95. The van der Waals surface area contributed by atoms with Crippen molar-refractivity contribution in [1.29, 1.82) is 0 Å². The van der Waals surface area contributed by atoms with Gasteiger partial charge >= 0.3 is 0 Å². The summed E-state index contributed by atoms with van der Waals surface area (Å²) in [6.45, 7) is 0.694. The number of pyridine rings is 1. The summed E-state index contributed by atoms with van der Waals surface area (Å²) >= 11 is 0. The zero-order valence-corrected chi connectivity index (χ0v) is 13.1. The molecule has 0 saturated carbocycles. The molecule has 0 bridgehead atoms. The van der Waals surface area contributed by atoms with E-state index in [0.29, 0.717) is 17.9 Å². The van der Waals surface area contributed by atoms with Crippen molar-refractivity contribution in [1.82, 2.24) is 4.98 Å². The Morgan fingerprint density at radius 1 is 1.09 bits per heavy atom. The number of halogens is 2. The molecule has 0 amide bonds. The second-order valence-corrected chi connectivity index (χ2v) is 5.38. The number of ether oxygens (including phenoxy) is 2. The van der Waals surface area contributed by atoms with Gasteiger partial charge < -0.3 is 14.4 Å². The fourth-order valence-corrected chi connectivity index (χ4v) is 2.83. The summed E-state index contributed by atoms with van der Waals surface area (Å²) in [7, 11) is 3.09. The zero-order chi connectivity index (χ0) is 16.4. The topological polar surface area (TPSA) is 34.6 Å². The Morgan fingerprint density at radius 2 is 1.87 bits per heavy atom. The molecule has 1 aromatic carbocycles. The molecule has 0 N–H and O–H groups in total. The van der Waals surface area contributed by atoms with Crippen LogP contribution in [0.3, 0.4) is 0 Å².